The molecule has 22 heavy (non-hydrogen) atoms. The fourth-order valence-corrected chi connectivity index (χ4v) is 5.17. The van der Waals surface area contributed by atoms with E-state index in [1.807, 2.05) is 21.0 Å². The third-order valence-corrected chi connectivity index (χ3v) is 5.92. The Balaban J connectivity index is 1.85. The van der Waals surface area contributed by atoms with Crippen LogP contribution >= 0.6 is 0 Å². The quantitative estimate of drug-likeness (QED) is 0.732. The zero-order valence-electron chi connectivity index (χ0n) is 14.0. The highest BCUT2D eigenvalue weighted by Gasteiger charge is 2.66. The number of nitrogens with zero attached hydrogens (tertiary/aromatic N) is 2. The molecule has 5 unspecified atom stereocenters. The number of Topliss-reactive ketones (excluding diaryl/α,β-unsaturated/α-hetero) is 1. The Morgan fingerprint density at radius 3 is 2.45 bits per heavy atom. The first kappa shape index (κ1) is 15.7. The molecule has 0 aromatic heterocycles. The molecular formula is C17H26N2O3. The number of imide groups is 1. The van der Waals surface area contributed by atoms with E-state index in [9.17, 15) is 14.4 Å². The van der Waals surface area contributed by atoms with Crippen molar-refractivity contribution in [2.45, 2.75) is 33.1 Å². The number of hydrogen-bond acceptors (Lipinski definition) is 4. The van der Waals surface area contributed by atoms with E-state index in [1.165, 1.54) is 4.90 Å². The number of carbonyl (C=O) groups excluding carboxylic acids is 3. The summed E-state index contributed by atoms with van der Waals surface area (Å²) in [4.78, 5) is 41.5. The third kappa shape index (κ3) is 2.13. The Kier molecular flexibility index (Phi) is 3.67. The maximum absolute atomic E-state index is 12.8. The van der Waals surface area contributed by atoms with E-state index in [-0.39, 0.29) is 46.7 Å². The van der Waals surface area contributed by atoms with Crippen LogP contribution in [0.3, 0.4) is 0 Å². The zero-order chi connectivity index (χ0) is 16.2. The predicted molar refractivity (Wildman–Crippen MR) is 81.9 cm³/mol. The average molecular weight is 306 g/mol. The summed E-state index contributed by atoms with van der Waals surface area (Å²) < 4.78 is 0. The summed E-state index contributed by atoms with van der Waals surface area (Å²) >= 11 is 0. The summed E-state index contributed by atoms with van der Waals surface area (Å²) in [7, 11) is 3.96. The van der Waals surface area contributed by atoms with Crippen LogP contribution in [0, 0.1) is 29.1 Å². The van der Waals surface area contributed by atoms with Crippen molar-refractivity contribution in [3.8, 4) is 0 Å². The highest BCUT2D eigenvalue weighted by molar-refractivity contribution is 6.09. The van der Waals surface area contributed by atoms with Gasteiger partial charge in [0.25, 0.3) is 0 Å². The van der Waals surface area contributed by atoms with Crippen molar-refractivity contribution >= 4 is 17.6 Å². The molecule has 122 valence electrons. The lowest BCUT2D eigenvalue weighted by molar-refractivity contribution is -0.157. The fraction of sp³-hybridized carbons (Fsp3) is 0.824. The molecule has 0 aromatic carbocycles. The van der Waals surface area contributed by atoms with Gasteiger partial charge in [0.15, 0.2) is 0 Å². The SMILES string of the molecule is CC1CC2(C)CC(=O)C1C1C(=O)N(CCCN(C)C)C(=O)C12. The summed E-state index contributed by atoms with van der Waals surface area (Å²) in [6.07, 6.45) is 2.14. The van der Waals surface area contributed by atoms with E-state index in [2.05, 4.69) is 11.8 Å². The number of amides is 2. The van der Waals surface area contributed by atoms with Gasteiger partial charge in [-0.2, -0.15) is 0 Å². The second kappa shape index (κ2) is 5.15. The van der Waals surface area contributed by atoms with Gasteiger partial charge in [0, 0.05) is 18.9 Å². The molecule has 3 saturated carbocycles. The van der Waals surface area contributed by atoms with Gasteiger partial charge in [-0.15, -0.1) is 0 Å². The molecule has 2 amide bonds. The lowest BCUT2D eigenvalue weighted by Gasteiger charge is -2.52. The molecule has 4 aliphatic rings. The maximum atomic E-state index is 12.8. The topological polar surface area (TPSA) is 57.7 Å². The van der Waals surface area contributed by atoms with E-state index < -0.39 is 0 Å². The summed E-state index contributed by atoms with van der Waals surface area (Å²) in [5.41, 5.74) is -0.320. The van der Waals surface area contributed by atoms with Gasteiger partial charge in [0.2, 0.25) is 11.8 Å². The van der Waals surface area contributed by atoms with E-state index in [0.29, 0.717) is 13.0 Å². The smallest absolute Gasteiger partial charge is 0.233 e. The van der Waals surface area contributed by atoms with Crippen LogP contribution in [0.5, 0.6) is 0 Å². The van der Waals surface area contributed by atoms with Gasteiger partial charge in [0.1, 0.15) is 5.78 Å². The third-order valence-electron chi connectivity index (χ3n) is 5.92. The van der Waals surface area contributed by atoms with Crippen molar-refractivity contribution in [3.05, 3.63) is 0 Å². The summed E-state index contributed by atoms with van der Waals surface area (Å²) in [6.45, 7) is 5.42. The van der Waals surface area contributed by atoms with Gasteiger partial charge in [-0.25, -0.2) is 0 Å². The predicted octanol–water partition coefficient (Wildman–Crippen LogP) is 1.17. The minimum atomic E-state index is -0.387. The molecule has 5 heteroatoms. The van der Waals surface area contributed by atoms with Crippen LogP contribution in [-0.2, 0) is 14.4 Å². The Labute approximate surface area is 132 Å². The molecule has 0 radical (unpaired) electrons. The van der Waals surface area contributed by atoms with Crippen molar-refractivity contribution in [3.63, 3.8) is 0 Å². The number of carbonyl (C=O) groups is 3. The number of hydrogen-bond donors (Lipinski definition) is 0. The van der Waals surface area contributed by atoms with Crippen LogP contribution in [0.4, 0.5) is 0 Å². The van der Waals surface area contributed by atoms with Crippen molar-refractivity contribution < 1.29 is 14.4 Å². The second-order valence-corrected chi connectivity index (χ2v) is 7.99. The largest absolute Gasteiger partial charge is 0.309 e. The van der Waals surface area contributed by atoms with Crippen molar-refractivity contribution in [2.75, 3.05) is 27.2 Å². The van der Waals surface area contributed by atoms with Crippen LogP contribution in [0.2, 0.25) is 0 Å². The minimum Gasteiger partial charge on any atom is -0.309 e. The molecule has 0 N–H and O–H groups in total. The molecule has 1 aliphatic heterocycles. The lowest BCUT2D eigenvalue weighted by atomic mass is 9.48. The summed E-state index contributed by atoms with van der Waals surface area (Å²) in [5.74, 6) is -0.600. The number of ketones is 1. The first-order valence-corrected chi connectivity index (χ1v) is 8.29. The molecule has 5 nitrogen and oxygen atoms in total. The van der Waals surface area contributed by atoms with E-state index in [0.717, 1.165) is 19.4 Å². The first-order chi connectivity index (χ1) is 10.3. The van der Waals surface area contributed by atoms with E-state index in [1.54, 1.807) is 0 Å². The molecular weight excluding hydrogens is 280 g/mol. The molecule has 3 aliphatic carbocycles. The molecule has 1 heterocycles. The highest BCUT2D eigenvalue weighted by atomic mass is 16.2. The van der Waals surface area contributed by atoms with Gasteiger partial charge in [-0.05, 0) is 44.8 Å². The van der Waals surface area contributed by atoms with Gasteiger partial charge in [-0.3, -0.25) is 19.3 Å². The van der Waals surface area contributed by atoms with Crippen LogP contribution in [0.25, 0.3) is 0 Å². The standard InChI is InChI=1S/C17H26N2O3/c1-10-8-17(2)9-11(20)12(10)13-14(17)16(22)19(15(13)21)7-5-6-18(3)4/h10,12-14H,5-9H2,1-4H3. The fourth-order valence-electron chi connectivity index (χ4n) is 5.17. The second-order valence-electron chi connectivity index (χ2n) is 7.99. The average Bonchev–Trinajstić information content (AvgIpc) is 2.63. The molecule has 2 bridgehead atoms. The Morgan fingerprint density at radius 1 is 1.18 bits per heavy atom. The maximum Gasteiger partial charge on any atom is 0.233 e. The van der Waals surface area contributed by atoms with E-state index in [4.69, 9.17) is 0 Å². The van der Waals surface area contributed by atoms with E-state index >= 15 is 0 Å². The lowest BCUT2D eigenvalue weighted by Crippen LogP contribution is -2.56. The summed E-state index contributed by atoms with van der Waals surface area (Å²) in [5, 5.41) is 0. The van der Waals surface area contributed by atoms with Crippen LogP contribution in [-0.4, -0.2) is 54.6 Å². The van der Waals surface area contributed by atoms with Gasteiger partial charge in [0.05, 0.1) is 11.8 Å². The molecule has 0 spiro atoms. The number of rotatable bonds is 4. The monoisotopic (exact) mass is 306 g/mol. The van der Waals surface area contributed by atoms with Crippen LogP contribution in [0.15, 0.2) is 0 Å². The minimum absolute atomic E-state index is 0.0272. The molecule has 1 saturated heterocycles. The van der Waals surface area contributed by atoms with Crippen LogP contribution < -0.4 is 0 Å². The normalized spacial score (nSPS) is 40.8. The number of likely N-dealkylation sites (tertiary alicyclic amines) is 1. The summed E-state index contributed by atoms with van der Waals surface area (Å²) in [6, 6.07) is 0. The molecule has 0 aromatic rings. The number of fused-ring (bicyclic) bond motifs is 2. The first-order valence-electron chi connectivity index (χ1n) is 8.29. The highest BCUT2D eigenvalue weighted by Crippen LogP contribution is 2.60. The van der Waals surface area contributed by atoms with Crippen molar-refractivity contribution in [1.82, 2.24) is 9.80 Å². The Bertz CT molecular complexity index is 530. The Hall–Kier alpha value is -1.23. The van der Waals surface area contributed by atoms with Gasteiger partial charge < -0.3 is 4.90 Å². The van der Waals surface area contributed by atoms with Crippen molar-refractivity contribution in [2.24, 2.45) is 29.1 Å². The molecule has 5 atom stereocenters. The van der Waals surface area contributed by atoms with Gasteiger partial charge >= 0.3 is 0 Å². The molecule has 4 fully saturated rings. The Morgan fingerprint density at radius 2 is 1.86 bits per heavy atom. The van der Waals surface area contributed by atoms with Gasteiger partial charge in [-0.1, -0.05) is 13.8 Å². The zero-order valence-corrected chi connectivity index (χ0v) is 14.0. The van der Waals surface area contributed by atoms with Crippen molar-refractivity contribution in [1.29, 1.82) is 0 Å². The molecule has 4 rings (SSSR count). The van der Waals surface area contributed by atoms with Crippen LogP contribution in [0.1, 0.15) is 33.1 Å².